The van der Waals surface area contributed by atoms with Crippen LogP contribution >= 0.6 is 11.5 Å². The van der Waals surface area contributed by atoms with Gasteiger partial charge in [0.2, 0.25) is 0 Å². The highest BCUT2D eigenvalue weighted by Gasteiger charge is 2.14. The quantitative estimate of drug-likeness (QED) is 0.592. The fourth-order valence-electron chi connectivity index (χ4n) is 1.81. The second-order valence-corrected chi connectivity index (χ2v) is 4.97. The molecule has 21 heavy (non-hydrogen) atoms. The summed E-state index contributed by atoms with van der Waals surface area (Å²) in [6.45, 7) is 0. The minimum atomic E-state index is -0.482. The number of pyridine rings is 1. The molecule has 3 rings (SSSR count). The van der Waals surface area contributed by atoms with Crippen LogP contribution in [0.2, 0.25) is 0 Å². The summed E-state index contributed by atoms with van der Waals surface area (Å²) in [6.07, 6.45) is 3.00. The van der Waals surface area contributed by atoms with E-state index in [2.05, 4.69) is 14.7 Å². The van der Waals surface area contributed by atoms with Crippen molar-refractivity contribution in [1.29, 1.82) is 0 Å². The number of non-ortho nitro benzene ring substituents is 1. The van der Waals surface area contributed by atoms with Crippen LogP contribution in [0.1, 0.15) is 10.4 Å². The first-order valence-corrected chi connectivity index (χ1v) is 6.68. The number of nitro benzene ring substituents is 1. The summed E-state index contributed by atoms with van der Waals surface area (Å²) in [5, 5.41) is 14.0. The van der Waals surface area contributed by atoms with Crippen molar-refractivity contribution < 1.29 is 9.72 Å². The molecular formula is C13H8N4O3S. The predicted molar refractivity (Wildman–Crippen MR) is 78.5 cm³/mol. The normalized spacial score (nSPS) is 10.5. The lowest BCUT2D eigenvalue weighted by atomic mass is 10.2. The zero-order valence-corrected chi connectivity index (χ0v) is 11.3. The van der Waals surface area contributed by atoms with Gasteiger partial charge in [0.1, 0.15) is 0 Å². The van der Waals surface area contributed by atoms with Gasteiger partial charge in [0.15, 0.2) is 5.82 Å². The van der Waals surface area contributed by atoms with Gasteiger partial charge in [-0.3, -0.25) is 19.9 Å². The van der Waals surface area contributed by atoms with E-state index in [1.165, 1.54) is 29.9 Å². The molecule has 0 saturated carbocycles. The number of hydrogen-bond acceptors (Lipinski definition) is 6. The van der Waals surface area contributed by atoms with Crippen LogP contribution in [-0.4, -0.2) is 20.2 Å². The molecular weight excluding hydrogens is 292 g/mol. The smallest absolute Gasteiger partial charge is 0.270 e. The van der Waals surface area contributed by atoms with E-state index < -0.39 is 4.92 Å². The van der Waals surface area contributed by atoms with E-state index in [4.69, 9.17) is 0 Å². The lowest BCUT2D eigenvalue weighted by Crippen LogP contribution is -2.12. The number of nitrogens with one attached hydrogen (secondary N) is 1. The molecule has 0 radical (unpaired) electrons. The summed E-state index contributed by atoms with van der Waals surface area (Å²) in [4.78, 5) is 26.3. The highest BCUT2D eigenvalue weighted by molar-refractivity contribution is 7.13. The SMILES string of the molecule is O=C(Nc1nsc2ccc([N+](=O)[O-])cc12)c1cccnc1. The minimum absolute atomic E-state index is 0.0421. The second-order valence-electron chi connectivity index (χ2n) is 4.16. The van der Waals surface area contributed by atoms with Crippen molar-refractivity contribution in [2.45, 2.75) is 0 Å². The number of anilines is 1. The first-order chi connectivity index (χ1) is 10.1. The van der Waals surface area contributed by atoms with Gasteiger partial charge in [-0.25, -0.2) is 0 Å². The topological polar surface area (TPSA) is 98.0 Å². The van der Waals surface area contributed by atoms with Crippen molar-refractivity contribution in [3.63, 3.8) is 0 Å². The molecule has 1 aromatic carbocycles. The first kappa shape index (κ1) is 13.1. The molecule has 104 valence electrons. The summed E-state index contributed by atoms with van der Waals surface area (Å²) in [5.41, 5.74) is 0.351. The number of nitro groups is 1. The number of benzene rings is 1. The Balaban J connectivity index is 1.95. The van der Waals surface area contributed by atoms with Crippen LogP contribution in [0.15, 0.2) is 42.7 Å². The number of nitrogens with zero attached hydrogens (tertiary/aromatic N) is 3. The maximum absolute atomic E-state index is 12.1. The molecule has 0 aliphatic carbocycles. The average molecular weight is 300 g/mol. The van der Waals surface area contributed by atoms with Crippen LogP contribution in [-0.2, 0) is 0 Å². The number of carbonyl (C=O) groups excluding carboxylic acids is 1. The van der Waals surface area contributed by atoms with Crippen molar-refractivity contribution in [1.82, 2.24) is 9.36 Å². The Bertz CT molecular complexity index is 832. The third-order valence-electron chi connectivity index (χ3n) is 2.82. The third-order valence-corrected chi connectivity index (χ3v) is 3.65. The van der Waals surface area contributed by atoms with Crippen LogP contribution in [0, 0.1) is 10.1 Å². The molecule has 0 atom stereocenters. The highest BCUT2D eigenvalue weighted by Crippen LogP contribution is 2.30. The predicted octanol–water partition coefficient (Wildman–Crippen LogP) is 2.85. The van der Waals surface area contributed by atoms with Gasteiger partial charge in [-0.1, -0.05) is 0 Å². The summed E-state index contributed by atoms with van der Waals surface area (Å²) < 4.78 is 4.89. The molecule has 8 heteroatoms. The molecule has 7 nitrogen and oxygen atoms in total. The molecule has 0 aliphatic heterocycles. The van der Waals surface area contributed by atoms with Gasteiger partial charge in [0.05, 0.1) is 15.2 Å². The molecule has 3 aromatic rings. The third kappa shape index (κ3) is 2.56. The Morgan fingerprint density at radius 3 is 2.90 bits per heavy atom. The van der Waals surface area contributed by atoms with E-state index >= 15 is 0 Å². The van der Waals surface area contributed by atoms with Crippen LogP contribution < -0.4 is 5.32 Å². The van der Waals surface area contributed by atoms with E-state index in [0.29, 0.717) is 16.8 Å². The van der Waals surface area contributed by atoms with Crippen LogP contribution in [0.4, 0.5) is 11.5 Å². The van der Waals surface area contributed by atoms with Crippen molar-refractivity contribution in [2.24, 2.45) is 0 Å². The van der Waals surface area contributed by atoms with Crippen LogP contribution in [0.5, 0.6) is 0 Å². The Labute approximate surface area is 122 Å². The molecule has 0 unspecified atom stereocenters. The Morgan fingerprint density at radius 1 is 1.33 bits per heavy atom. The Morgan fingerprint density at radius 2 is 2.19 bits per heavy atom. The Hall–Kier alpha value is -2.87. The molecule has 0 aliphatic rings. The van der Waals surface area contributed by atoms with Crippen LogP contribution in [0.3, 0.4) is 0 Å². The number of amides is 1. The minimum Gasteiger partial charge on any atom is -0.305 e. The highest BCUT2D eigenvalue weighted by atomic mass is 32.1. The van der Waals surface area contributed by atoms with E-state index in [1.54, 1.807) is 24.4 Å². The number of fused-ring (bicyclic) bond motifs is 1. The van der Waals surface area contributed by atoms with E-state index in [9.17, 15) is 14.9 Å². The zero-order chi connectivity index (χ0) is 14.8. The first-order valence-electron chi connectivity index (χ1n) is 5.90. The van der Waals surface area contributed by atoms with Gasteiger partial charge in [0.25, 0.3) is 11.6 Å². The number of carbonyl (C=O) groups is 1. The molecule has 1 amide bonds. The molecule has 2 aromatic heterocycles. The number of aromatic nitrogens is 2. The van der Waals surface area contributed by atoms with Gasteiger partial charge >= 0.3 is 0 Å². The number of hydrogen-bond donors (Lipinski definition) is 1. The fraction of sp³-hybridized carbons (Fsp3) is 0. The van der Waals surface area contributed by atoms with Gasteiger partial charge in [-0.15, -0.1) is 0 Å². The molecule has 2 heterocycles. The largest absolute Gasteiger partial charge is 0.305 e. The fourth-order valence-corrected chi connectivity index (χ4v) is 2.52. The lowest BCUT2D eigenvalue weighted by molar-refractivity contribution is -0.384. The van der Waals surface area contributed by atoms with E-state index in [-0.39, 0.29) is 11.6 Å². The summed E-state index contributed by atoms with van der Waals surface area (Å²) in [5.74, 6) is -0.0469. The van der Waals surface area contributed by atoms with Gasteiger partial charge in [-0.2, -0.15) is 4.37 Å². The second kappa shape index (κ2) is 5.25. The molecule has 0 saturated heterocycles. The summed E-state index contributed by atoms with van der Waals surface area (Å²) in [6, 6.07) is 7.70. The lowest BCUT2D eigenvalue weighted by Gasteiger charge is -2.02. The van der Waals surface area contributed by atoms with Gasteiger partial charge in [-0.05, 0) is 29.7 Å². The van der Waals surface area contributed by atoms with E-state index in [1.807, 2.05) is 0 Å². The van der Waals surface area contributed by atoms with Gasteiger partial charge < -0.3 is 5.32 Å². The maximum atomic E-state index is 12.1. The zero-order valence-electron chi connectivity index (χ0n) is 10.5. The molecule has 1 N–H and O–H groups in total. The van der Waals surface area contributed by atoms with Crippen LogP contribution in [0.25, 0.3) is 10.1 Å². The summed E-state index contributed by atoms with van der Waals surface area (Å²) in [7, 11) is 0. The molecule has 0 fully saturated rings. The molecule has 0 spiro atoms. The van der Waals surface area contributed by atoms with Crippen molar-refractivity contribution in [2.75, 3.05) is 5.32 Å². The Kier molecular flexibility index (Phi) is 3.28. The van der Waals surface area contributed by atoms with Crippen molar-refractivity contribution in [3.8, 4) is 0 Å². The monoisotopic (exact) mass is 300 g/mol. The standard InChI is InChI=1S/C13H8N4O3S/c18-13(8-2-1-5-14-7-8)15-12-10-6-9(17(19)20)3-4-11(10)21-16-12/h1-7H,(H,15,16,18). The summed E-state index contributed by atoms with van der Waals surface area (Å²) >= 11 is 1.17. The van der Waals surface area contributed by atoms with Crippen molar-refractivity contribution in [3.05, 3.63) is 58.4 Å². The van der Waals surface area contributed by atoms with E-state index in [0.717, 1.165) is 4.70 Å². The average Bonchev–Trinajstić information content (AvgIpc) is 2.90. The van der Waals surface area contributed by atoms with Gasteiger partial charge in [0, 0.05) is 29.9 Å². The van der Waals surface area contributed by atoms with Crippen molar-refractivity contribution >= 4 is 39.0 Å². The number of rotatable bonds is 3. The molecule has 0 bridgehead atoms. The maximum Gasteiger partial charge on any atom is 0.270 e.